The van der Waals surface area contributed by atoms with Crippen LogP contribution in [0.15, 0.2) is 18.3 Å². The fourth-order valence-corrected chi connectivity index (χ4v) is 2.20. The normalized spacial score (nSPS) is 11.7. The lowest BCUT2D eigenvalue weighted by Gasteiger charge is -2.30. The van der Waals surface area contributed by atoms with Gasteiger partial charge >= 0.3 is 0 Å². The van der Waals surface area contributed by atoms with E-state index in [-0.39, 0.29) is 0 Å². The number of aromatic nitrogens is 1. The van der Waals surface area contributed by atoms with Gasteiger partial charge in [0, 0.05) is 25.3 Å². The molecule has 1 heterocycles. The van der Waals surface area contributed by atoms with Crippen molar-refractivity contribution in [3.63, 3.8) is 0 Å². The lowest BCUT2D eigenvalue weighted by atomic mass is 10.1. The second-order valence-electron chi connectivity index (χ2n) is 6.69. The Morgan fingerprint density at radius 3 is 2.35 bits per heavy atom. The molecule has 0 saturated carbocycles. The summed E-state index contributed by atoms with van der Waals surface area (Å²) in [5, 5.41) is 3.49. The molecule has 1 aromatic rings. The summed E-state index contributed by atoms with van der Waals surface area (Å²) in [5.74, 6) is 2.42. The average Bonchev–Trinajstić information content (AvgIpc) is 2.35. The molecule has 0 unspecified atom stereocenters. The predicted octanol–water partition coefficient (Wildman–Crippen LogP) is 3.70. The van der Waals surface area contributed by atoms with Crippen LogP contribution in [0.1, 0.15) is 47.1 Å². The van der Waals surface area contributed by atoms with Crippen molar-refractivity contribution in [3.8, 4) is 0 Å². The van der Waals surface area contributed by atoms with Gasteiger partial charge in [-0.05, 0) is 49.9 Å². The van der Waals surface area contributed by atoms with Gasteiger partial charge in [0.2, 0.25) is 0 Å². The third kappa shape index (κ3) is 5.91. The Morgan fingerprint density at radius 2 is 1.80 bits per heavy atom. The molecule has 0 atom stereocenters. The van der Waals surface area contributed by atoms with E-state index < -0.39 is 0 Å². The molecule has 114 valence electrons. The highest BCUT2D eigenvalue weighted by Crippen LogP contribution is 2.17. The summed E-state index contributed by atoms with van der Waals surface area (Å²) in [6.07, 6.45) is 1.93. The fraction of sp³-hybridized carbons (Fsp3) is 0.706. The number of hydrogen-bond donors (Lipinski definition) is 1. The van der Waals surface area contributed by atoms with Crippen molar-refractivity contribution in [3.05, 3.63) is 23.9 Å². The highest BCUT2D eigenvalue weighted by Gasteiger charge is 2.13. The number of anilines is 1. The van der Waals surface area contributed by atoms with Crippen molar-refractivity contribution in [2.45, 2.75) is 54.1 Å². The first-order valence-corrected chi connectivity index (χ1v) is 7.82. The monoisotopic (exact) mass is 277 g/mol. The molecule has 0 aliphatic rings. The maximum Gasteiger partial charge on any atom is 0.129 e. The van der Waals surface area contributed by atoms with Crippen molar-refractivity contribution < 1.29 is 0 Å². The van der Waals surface area contributed by atoms with E-state index in [4.69, 9.17) is 0 Å². The second kappa shape index (κ2) is 8.25. The molecule has 0 aromatic carbocycles. The summed E-state index contributed by atoms with van der Waals surface area (Å²) in [6.45, 7) is 16.4. The van der Waals surface area contributed by atoms with Crippen molar-refractivity contribution in [2.75, 3.05) is 18.0 Å². The maximum atomic E-state index is 4.56. The van der Waals surface area contributed by atoms with Crippen LogP contribution >= 0.6 is 0 Å². The summed E-state index contributed by atoms with van der Waals surface area (Å²) in [4.78, 5) is 6.94. The Labute approximate surface area is 124 Å². The van der Waals surface area contributed by atoms with Gasteiger partial charge in [-0.15, -0.1) is 0 Å². The molecule has 0 spiro atoms. The predicted molar refractivity (Wildman–Crippen MR) is 88.1 cm³/mol. The zero-order chi connectivity index (χ0) is 15.1. The van der Waals surface area contributed by atoms with E-state index in [0.717, 1.165) is 25.5 Å². The molecule has 3 heteroatoms. The lowest BCUT2D eigenvalue weighted by Crippen LogP contribution is -2.34. The summed E-state index contributed by atoms with van der Waals surface area (Å²) >= 11 is 0. The standard InChI is InChI=1S/C17H31N3/c1-13(2)10-18-11-16-7-8-19-17(9-16)20(15(5)6)12-14(3)4/h7-9,13-15,18H,10-12H2,1-6H3. The van der Waals surface area contributed by atoms with Crippen LogP contribution in [-0.2, 0) is 6.54 Å². The zero-order valence-corrected chi connectivity index (χ0v) is 14.0. The quantitative estimate of drug-likeness (QED) is 0.785. The van der Waals surface area contributed by atoms with Crippen molar-refractivity contribution in [2.24, 2.45) is 11.8 Å². The summed E-state index contributed by atoms with van der Waals surface area (Å²) in [7, 11) is 0. The zero-order valence-electron chi connectivity index (χ0n) is 14.0. The van der Waals surface area contributed by atoms with E-state index in [1.54, 1.807) is 0 Å². The molecule has 0 radical (unpaired) electrons. The first-order valence-electron chi connectivity index (χ1n) is 7.82. The van der Waals surface area contributed by atoms with Crippen molar-refractivity contribution >= 4 is 5.82 Å². The van der Waals surface area contributed by atoms with E-state index in [1.807, 2.05) is 6.20 Å². The topological polar surface area (TPSA) is 28.2 Å². The van der Waals surface area contributed by atoms with Crippen LogP contribution in [0, 0.1) is 11.8 Å². The largest absolute Gasteiger partial charge is 0.354 e. The van der Waals surface area contributed by atoms with Crippen molar-refractivity contribution in [1.29, 1.82) is 0 Å². The summed E-state index contributed by atoms with van der Waals surface area (Å²) < 4.78 is 0. The van der Waals surface area contributed by atoms with Crippen LogP contribution in [0.25, 0.3) is 0 Å². The van der Waals surface area contributed by atoms with Crippen LogP contribution < -0.4 is 10.2 Å². The van der Waals surface area contributed by atoms with Gasteiger partial charge in [0.15, 0.2) is 0 Å². The number of rotatable bonds is 8. The number of pyridine rings is 1. The van der Waals surface area contributed by atoms with E-state index in [1.165, 1.54) is 5.56 Å². The third-order valence-corrected chi connectivity index (χ3v) is 3.17. The molecule has 0 saturated heterocycles. The van der Waals surface area contributed by atoms with E-state index in [0.29, 0.717) is 17.9 Å². The molecule has 0 amide bonds. The first-order chi connectivity index (χ1) is 9.40. The molecule has 1 N–H and O–H groups in total. The van der Waals surface area contributed by atoms with Crippen LogP contribution in [0.5, 0.6) is 0 Å². The molecule has 0 fully saturated rings. The minimum atomic E-state index is 0.476. The second-order valence-corrected chi connectivity index (χ2v) is 6.69. The lowest BCUT2D eigenvalue weighted by molar-refractivity contribution is 0.550. The minimum Gasteiger partial charge on any atom is -0.354 e. The Kier molecular flexibility index (Phi) is 7.00. The van der Waals surface area contributed by atoms with E-state index in [2.05, 4.69) is 68.9 Å². The Morgan fingerprint density at radius 1 is 1.10 bits per heavy atom. The Bertz CT molecular complexity index is 386. The molecule has 0 aliphatic carbocycles. The average molecular weight is 277 g/mol. The van der Waals surface area contributed by atoms with Gasteiger partial charge in [0.05, 0.1) is 0 Å². The molecule has 1 rings (SSSR count). The van der Waals surface area contributed by atoms with E-state index >= 15 is 0 Å². The van der Waals surface area contributed by atoms with Crippen LogP contribution in [-0.4, -0.2) is 24.1 Å². The molecule has 0 bridgehead atoms. The SMILES string of the molecule is CC(C)CNCc1ccnc(N(CC(C)C)C(C)C)c1. The Balaban J connectivity index is 2.73. The summed E-state index contributed by atoms with van der Waals surface area (Å²) in [6, 6.07) is 4.80. The highest BCUT2D eigenvalue weighted by molar-refractivity contribution is 5.42. The summed E-state index contributed by atoms with van der Waals surface area (Å²) in [5.41, 5.74) is 1.31. The van der Waals surface area contributed by atoms with Gasteiger partial charge in [-0.25, -0.2) is 4.98 Å². The highest BCUT2D eigenvalue weighted by atomic mass is 15.2. The van der Waals surface area contributed by atoms with Crippen LogP contribution in [0.4, 0.5) is 5.82 Å². The van der Waals surface area contributed by atoms with Gasteiger partial charge in [0.25, 0.3) is 0 Å². The molecule has 1 aromatic heterocycles. The number of hydrogen-bond acceptors (Lipinski definition) is 3. The number of nitrogens with one attached hydrogen (secondary N) is 1. The van der Waals surface area contributed by atoms with Gasteiger partial charge in [-0.3, -0.25) is 0 Å². The third-order valence-electron chi connectivity index (χ3n) is 3.17. The van der Waals surface area contributed by atoms with E-state index in [9.17, 15) is 0 Å². The Hall–Kier alpha value is -1.09. The molecule has 3 nitrogen and oxygen atoms in total. The number of nitrogens with zero attached hydrogens (tertiary/aromatic N) is 2. The fourth-order valence-electron chi connectivity index (χ4n) is 2.20. The first kappa shape index (κ1) is 17.0. The van der Waals surface area contributed by atoms with Crippen LogP contribution in [0.3, 0.4) is 0 Å². The van der Waals surface area contributed by atoms with Gasteiger partial charge in [-0.1, -0.05) is 27.7 Å². The molecular formula is C17H31N3. The van der Waals surface area contributed by atoms with Gasteiger partial charge in [-0.2, -0.15) is 0 Å². The maximum absolute atomic E-state index is 4.56. The van der Waals surface area contributed by atoms with Crippen molar-refractivity contribution in [1.82, 2.24) is 10.3 Å². The molecule has 20 heavy (non-hydrogen) atoms. The molecule has 0 aliphatic heterocycles. The van der Waals surface area contributed by atoms with Crippen LogP contribution in [0.2, 0.25) is 0 Å². The smallest absolute Gasteiger partial charge is 0.129 e. The van der Waals surface area contributed by atoms with Gasteiger partial charge < -0.3 is 10.2 Å². The van der Waals surface area contributed by atoms with Gasteiger partial charge in [0.1, 0.15) is 5.82 Å². The molecular weight excluding hydrogens is 246 g/mol. The minimum absolute atomic E-state index is 0.476.